The molecule has 3 amide bonds. The zero-order valence-corrected chi connectivity index (χ0v) is 28.4. The number of hydrogen-bond acceptors (Lipinski definition) is 7. The molecule has 2 bridgehead atoms. The number of allylic oxidation sites excluding steroid dienone is 1. The number of fused-ring (bicyclic) bond motifs is 1. The number of aliphatic hydroxyl groups excluding tert-OH is 1. The van der Waals surface area contributed by atoms with Crippen molar-refractivity contribution >= 4 is 39.6 Å². The maximum atomic E-state index is 14.3. The zero-order valence-electron chi connectivity index (χ0n) is 26.9. The molecule has 11 heteroatoms. The van der Waals surface area contributed by atoms with Gasteiger partial charge >= 0.3 is 5.97 Å². The van der Waals surface area contributed by atoms with Crippen molar-refractivity contribution in [3.63, 3.8) is 0 Å². The van der Waals surface area contributed by atoms with Crippen LogP contribution < -0.4 is 0 Å². The molecule has 3 heterocycles. The summed E-state index contributed by atoms with van der Waals surface area (Å²) in [5.74, 6) is -3.47. The van der Waals surface area contributed by atoms with Crippen LogP contribution in [0, 0.1) is 11.8 Å². The molecular weight excluding hydrogens is 642 g/mol. The third-order valence-electron chi connectivity index (χ3n) is 9.40. The first-order chi connectivity index (χ1) is 21.2. The summed E-state index contributed by atoms with van der Waals surface area (Å²) in [5, 5.41) is 9.95. The Balaban J connectivity index is 1.71. The molecule has 45 heavy (non-hydrogen) atoms. The van der Waals surface area contributed by atoms with Crippen LogP contribution in [-0.4, -0.2) is 104 Å². The number of rotatable bonds is 13. The summed E-state index contributed by atoms with van der Waals surface area (Å²) in [6, 6.07) is 7.62. The monoisotopic (exact) mass is 687 g/mol. The number of amides is 3. The number of carbonyl (C=O) groups is 4. The summed E-state index contributed by atoms with van der Waals surface area (Å²) in [7, 11) is 1.68. The van der Waals surface area contributed by atoms with E-state index in [2.05, 4.69) is 29.1 Å². The van der Waals surface area contributed by atoms with Gasteiger partial charge in [0.25, 0.3) is 0 Å². The molecular formula is C34H46BrN3O7. The van der Waals surface area contributed by atoms with E-state index in [0.29, 0.717) is 18.4 Å². The lowest BCUT2D eigenvalue weighted by atomic mass is 9.70. The number of nitrogens with zero attached hydrogens (tertiary/aromatic N) is 3. The van der Waals surface area contributed by atoms with E-state index in [1.165, 1.54) is 4.90 Å². The van der Waals surface area contributed by atoms with Crippen molar-refractivity contribution in [1.82, 2.24) is 14.7 Å². The molecule has 0 saturated carbocycles. The van der Waals surface area contributed by atoms with Gasteiger partial charge in [-0.3, -0.25) is 19.2 Å². The van der Waals surface area contributed by atoms with Crippen LogP contribution in [0.1, 0.15) is 58.6 Å². The smallest absolute Gasteiger partial charge is 0.313 e. The average molecular weight is 689 g/mol. The van der Waals surface area contributed by atoms with Gasteiger partial charge in [0.15, 0.2) is 0 Å². The summed E-state index contributed by atoms with van der Waals surface area (Å²) in [4.78, 5) is 60.0. The van der Waals surface area contributed by atoms with Gasteiger partial charge in [-0.15, -0.1) is 13.2 Å². The van der Waals surface area contributed by atoms with Gasteiger partial charge in [0.05, 0.1) is 30.6 Å². The number of likely N-dealkylation sites (N-methyl/N-ethyl adjacent to an activating group) is 1. The molecule has 0 aromatic heterocycles. The third-order valence-corrected chi connectivity index (χ3v) is 10.2. The summed E-state index contributed by atoms with van der Waals surface area (Å²) in [5.41, 5.74) is -1.18. The van der Waals surface area contributed by atoms with E-state index in [9.17, 15) is 24.3 Å². The largest absolute Gasteiger partial charge is 0.455 e. The minimum absolute atomic E-state index is 0.0798. The fraction of sp³-hybridized carbons (Fsp3) is 0.588. The standard InChI is InChI=1S/C34H46BrN3O7/c1-8-10-16-24(40)36(7)21(3)27(22-14-12-11-13-15-22)44-32(43)25-26-30(41)37(18-19-39)29(34(26)20-23(35)28(25)45-34)31(42)38(17-9-2)33(4,5)6/h8-9,11-15,21,23,25-29,39H,1-2,10,16-20H2,3-7H3/t21-,23?,25+,26-,27+,28+,29+,34-/m0/s1. The Bertz CT molecular complexity index is 1300. The van der Waals surface area contributed by atoms with E-state index in [-0.39, 0.29) is 42.8 Å². The van der Waals surface area contributed by atoms with E-state index < -0.39 is 59.1 Å². The molecule has 1 N–H and O–H groups in total. The summed E-state index contributed by atoms with van der Waals surface area (Å²) in [6.07, 6.45) is 2.91. The van der Waals surface area contributed by atoms with Crippen LogP contribution in [0.4, 0.5) is 0 Å². The minimum atomic E-state index is -1.29. The molecule has 246 valence electrons. The van der Waals surface area contributed by atoms with Gasteiger partial charge in [-0.2, -0.15) is 0 Å². The molecule has 0 aliphatic carbocycles. The van der Waals surface area contributed by atoms with Gasteiger partial charge in [-0.25, -0.2) is 0 Å². The lowest BCUT2D eigenvalue weighted by Gasteiger charge is -2.42. The SMILES string of the molecule is C=CCCC(=O)N(C)[C@@H](C)[C@@H](OC(=O)[C@H]1[C@@H]2O[C@@]3(CC2Br)[C@@H]1C(=O)N(CCO)[C@@H]3C(=O)N(CC=C)C(C)(C)C)c1ccccc1. The highest BCUT2D eigenvalue weighted by molar-refractivity contribution is 9.09. The minimum Gasteiger partial charge on any atom is -0.455 e. The molecule has 3 aliphatic rings. The molecule has 1 spiro atoms. The highest BCUT2D eigenvalue weighted by atomic mass is 79.9. The molecule has 8 atom stereocenters. The molecule has 10 nitrogen and oxygen atoms in total. The molecule has 1 aromatic rings. The molecule has 3 saturated heterocycles. The number of carbonyl (C=O) groups excluding carboxylic acids is 4. The quantitative estimate of drug-likeness (QED) is 0.191. The fourth-order valence-corrected chi connectivity index (χ4v) is 8.06. The number of ether oxygens (including phenoxy) is 2. The van der Waals surface area contributed by atoms with E-state index in [0.717, 1.165) is 0 Å². The maximum absolute atomic E-state index is 14.3. The Kier molecular flexibility index (Phi) is 10.7. The van der Waals surface area contributed by atoms with Crippen molar-refractivity contribution in [3.8, 4) is 0 Å². The lowest BCUT2D eigenvalue weighted by molar-refractivity contribution is -0.164. The fourth-order valence-electron chi connectivity index (χ4n) is 7.12. The van der Waals surface area contributed by atoms with Gasteiger partial charge in [0.1, 0.15) is 17.7 Å². The van der Waals surface area contributed by atoms with Crippen LogP contribution >= 0.6 is 15.9 Å². The van der Waals surface area contributed by atoms with Crippen molar-refractivity contribution in [2.45, 2.75) is 87.2 Å². The number of esters is 1. The van der Waals surface area contributed by atoms with E-state index in [1.54, 1.807) is 29.0 Å². The van der Waals surface area contributed by atoms with Crippen LogP contribution in [-0.2, 0) is 28.7 Å². The first-order valence-corrected chi connectivity index (χ1v) is 16.4. The Morgan fingerprint density at radius 3 is 2.47 bits per heavy atom. The van der Waals surface area contributed by atoms with Gasteiger partial charge in [0, 0.05) is 36.9 Å². The topological polar surface area (TPSA) is 117 Å². The second-order valence-electron chi connectivity index (χ2n) is 13.2. The Morgan fingerprint density at radius 1 is 1.22 bits per heavy atom. The number of halogens is 1. The number of alkyl halides is 1. The predicted octanol–water partition coefficient (Wildman–Crippen LogP) is 3.64. The molecule has 3 fully saturated rings. The molecule has 1 aromatic carbocycles. The lowest BCUT2D eigenvalue weighted by Crippen LogP contribution is -2.60. The van der Waals surface area contributed by atoms with Crippen molar-refractivity contribution < 1.29 is 33.8 Å². The first kappa shape index (κ1) is 34.8. The zero-order chi connectivity index (χ0) is 33.3. The van der Waals surface area contributed by atoms with Crippen LogP contribution in [0.5, 0.6) is 0 Å². The van der Waals surface area contributed by atoms with Gasteiger partial charge in [-0.05, 0) is 46.1 Å². The molecule has 3 aliphatic heterocycles. The van der Waals surface area contributed by atoms with Crippen molar-refractivity contribution in [3.05, 3.63) is 61.2 Å². The van der Waals surface area contributed by atoms with Crippen LogP contribution in [0.15, 0.2) is 55.6 Å². The highest BCUT2D eigenvalue weighted by Crippen LogP contribution is 2.60. The number of hydrogen-bond donors (Lipinski definition) is 1. The van der Waals surface area contributed by atoms with E-state index >= 15 is 0 Å². The van der Waals surface area contributed by atoms with E-state index in [4.69, 9.17) is 9.47 Å². The average Bonchev–Trinajstić information content (AvgIpc) is 3.59. The van der Waals surface area contributed by atoms with Gasteiger partial charge in [0.2, 0.25) is 17.7 Å². The summed E-state index contributed by atoms with van der Waals surface area (Å²) in [6.45, 7) is 14.9. The van der Waals surface area contributed by atoms with Gasteiger partial charge < -0.3 is 29.3 Å². The number of likely N-dealkylation sites (tertiary alicyclic amines) is 1. The van der Waals surface area contributed by atoms with Crippen LogP contribution in [0.25, 0.3) is 0 Å². The highest BCUT2D eigenvalue weighted by Gasteiger charge is 2.77. The normalized spacial score (nSPS) is 28.3. The Labute approximate surface area is 274 Å². The summed E-state index contributed by atoms with van der Waals surface area (Å²) < 4.78 is 12.9. The first-order valence-electron chi connectivity index (χ1n) is 15.5. The third kappa shape index (κ3) is 6.36. The second-order valence-corrected chi connectivity index (χ2v) is 14.3. The van der Waals surface area contributed by atoms with Crippen LogP contribution in [0.2, 0.25) is 0 Å². The maximum Gasteiger partial charge on any atom is 0.313 e. The van der Waals surface area contributed by atoms with E-state index in [1.807, 2.05) is 58.0 Å². The van der Waals surface area contributed by atoms with Crippen molar-refractivity contribution in [2.75, 3.05) is 26.7 Å². The molecule has 0 radical (unpaired) electrons. The predicted molar refractivity (Wildman–Crippen MR) is 173 cm³/mol. The number of aliphatic hydroxyl groups is 1. The number of benzene rings is 1. The van der Waals surface area contributed by atoms with Gasteiger partial charge in [-0.1, -0.05) is 58.4 Å². The van der Waals surface area contributed by atoms with Crippen molar-refractivity contribution in [2.24, 2.45) is 11.8 Å². The summed E-state index contributed by atoms with van der Waals surface area (Å²) >= 11 is 3.69. The molecule has 4 rings (SSSR count). The number of β-amino-alcohol motifs (C(OH)–C–C–N with tert-alkyl or cyclic N) is 1. The Morgan fingerprint density at radius 2 is 1.89 bits per heavy atom. The van der Waals surface area contributed by atoms with Crippen LogP contribution in [0.3, 0.4) is 0 Å². The Hall–Kier alpha value is -3.02. The molecule has 1 unspecified atom stereocenters. The second kappa shape index (κ2) is 13.8. The van der Waals surface area contributed by atoms with Crippen molar-refractivity contribution in [1.29, 1.82) is 0 Å².